The fourth-order valence-electron chi connectivity index (χ4n) is 2.91. The van der Waals surface area contributed by atoms with E-state index in [0.29, 0.717) is 17.1 Å². The van der Waals surface area contributed by atoms with Crippen LogP contribution in [0, 0.1) is 0 Å². The van der Waals surface area contributed by atoms with Gasteiger partial charge >= 0.3 is 0 Å². The second kappa shape index (κ2) is 6.17. The number of rotatable bonds is 2. The first-order chi connectivity index (χ1) is 11.0. The Morgan fingerprint density at radius 1 is 1.35 bits per heavy atom. The first kappa shape index (κ1) is 15.8. The minimum Gasteiger partial charge on any atom is -0.394 e. The minimum atomic E-state index is -0.895. The minimum absolute atomic E-state index is 0.126. The molecule has 23 heavy (non-hydrogen) atoms. The number of aliphatic hydroxyl groups is 1. The van der Waals surface area contributed by atoms with Crippen LogP contribution in [-0.4, -0.2) is 71.0 Å². The van der Waals surface area contributed by atoms with Crippen molar-refractivity contribution in [3.63, 3.8) is 0 Å². The third-order valence-corrected chi connectivity index (χ3v) is 4.36. The summed E-state index contributed by atoms with van der Waals surface area (Å²) in [5.74, 6) is -0.893. The lowest BCUT2D eigenvalue weighted by atomic mass is 10.0. The molecule has 0 aliphatic carbocycles. The van der Waals surface area contributed by atoms with Crippen LogP contribution >= 0.6 is 11.6 Å². The van der Waals surface area contributed by atoms with Gasteiger partial charge in [-0.05, 0) is 18.2 Å². The molecule has 122 valence electrons. The number of aliphatic hydroxyl groups excluding tert-OH is 1. The Bertz CT molecular complexity index is 666. The Labute approximate surface area is 137 Å². The predicted octanol–water partition coefficient (Wildman–Crippen LogP) is -0.516. The van der Waals surface area contributed by atoms with Crippen LogP contribution in [0.4, 0.5) is 0 Å². The maximum Gasteiger partial charge on any atom is 0.254 e. The smallest absolute Gasteiger partial charge is 0.254 e. The standard InChI is InChI=1S/C15H16ClN3O4/c16-10-3-1-2-9(6-10)14(22)18-4-5-19-12(7-18)13(21)17-11(8-20)15(19)23/h1-3,6,11-12,20H,4-5,7-8H2,(H,17,21)/t11-,12-/m1/s1. The molecule has 2 saturated heterocycles. The van der Waals surface area contributed by atoms with Gasteiger partial charge in [0.05, 0.1) is 13.2 Å². The third kappa shape index (κ3) is 2.89. The molecular weight excluding hydrogens is 322 g/mol. The van der Waals surface area contributed by atoms with Crippen LogP contribution in [0.3, 0.4) is 0 Å². The van der Waals surface area contributed by atoms with Gasteiger partial charge in [0.15, 0.2) is 0 Å². The van der Waals surface area contributed by atoms with Crippen molar-refractivity contribution in [2.75, 3.05) is 26.2 Å². The molecule has 0 bridgehead atoms. The summed E-state index contributed by atoms with van der Waals surface area (Å²) in [6.07, 6.45) is 0. The summed E-state index contributed by atoms with van der Waals surface area (Å²) in [7, 11) is 0. The van der Waals surface area contributed by atoms with E-state index in [9.17, 15) is 14.4 Å². The lowest BCUT2D eigenvalue weighted by molar-refractivity contribution is -0.153. The number of carbonyl (C=O) groups is 3. The van der Waals surface area contributed by atoms with E-state index >= 15 is 0 Å². The van der Waals surface area contributed by atoms with Crippen molar-refractivity contribution in [2.45, 2.75) is 12.1 Å². The Kier molecular flexibility index (Phi) is 4.23. The summed E-state index contributed by atoms with van der Waals surface area (Å²) < 4.78 is 0. The number of hydrogen-bond acceptors (Lipinski definition) is 4. The molecule has 0 unspecified atom stereocenters. The predicted molar refractivity (Wildman–Crippen MR) is 81.9 cm³/mol. The van der Waals surface area contributed by atoms with E-state index in [4.69, 9.17) is 16.7 Å². The molecule has 0 spiro atoms. The first-order valence-corrected chi connectivity index (χ1v) is 7.65. The SMILES string of the molecule is O=C1N[C@H](CO)C(=O)N2CCN(C(=O)c3cccc(Cl)c3)C[C@H]12. The summed E-state index contributed by atoms with van der Waals surface area (Å²) in [6, 6.07) is 4.99. The lowest BCUT2D eigenvalue weighted by Crippen LogP contribution is -2.70. The van der Waals surface area contributed by atoms with Crippen LogP contribution in [0.2, 0.25) is 5.02 Å². The van der Waals surface area contributed by atoms with Crippen LogP contribution in [0.1, 0.15) is 10.4 Å². The molecule has 3 rings (SSSR count). The number of halogens is 1. The number of nitrogens with one attached hydrogen (secondary N) is 1. The second-order valence-corrected chi connectivity index (χ2v) is 5.99. The van der Waals surface area contributed by atoms with Crippen LogP contribution in [-0.2, 0) is 9.59 Å². The Morgan fingerprint density at radius 2 is 2.13 bits per heavy atom. The molecular formula is C15H16ClN3O4. The fourth-order valence-corrected chi connectivity index (χ4v) is 3.10. The second-order valence-electron chi connectivity index (χ2n) is 5.55. The zero-order chi connectivity index (χ0) is 16.6. The average molecular weight is 338 g/mol. The van der Waals surface area contributed by atoms with E-state index in [1.807, 2.05) is 0 Å². The monoisotopic (exact) mass is 337 g/mol. The third-order valence-electron chi connectivity index (χ3n) is 4.12. The fraction of sp³-hybridized carbons (Fsp3) is 0.400. The summed E-state index contributed by atoms with van der Waals surface area (Å²) in [5, 5.41) is 12.1. The van der Waals surface area contributed by atoms with Gasteiger partial charge in [0, 0.05) is 23.7 Å². The molecule has 2 aliphatic heterocycles. The molecule has 1 aromatic carbocycles. The number of amides is 3. The number of carbonyl (C=O) groups excluding carboxylic acids is 3. The zero-order valence-corrected chi connectivity index (χ0v) is 13.0. The van der Waals surface area contributed by atoms with Gasteiger partial charge in [-0.1, -0.05) is 17.7 Å². The molecule has 0 aromatic heterocycles. The Hall–Kier alpha value is -2.12. The molecule has 2 aliphatic rings. The van der Waals surface area contributed by atoms with Crippen molar-refractivity contribution in [1.82, 2.24) is 15.1 Å². The van der Waals surface area contributed by atoms with Crippen LogP contribution < -0.4 is 5.32 Å². The van der Waals surface area contributed by atoms with Crippen LogP contribution in [0.5, 0.6) is 0 Å². The van der Waals surface area contributed by atoms with Gasteiger partial charge in [-0.3, -0.25) is 14.4 Å². The van der Waals surface area contributed by atoms with Gasteiger partial charge < -0.3 is 20.2 Å². The largest absolute Gasteiger partial charge is 0.394 e. The summed E-state index contributed by atoms with van der Waals surface area (Å²) >= 11 is 5.90. The molecule has 3 amide bonds. The number of fused-ring (bicyclic) bond motifs is 1. The van der Waals surface area contributed by atoms with Gasteiger partial charge in [-0.2, -0.15) is 0 Å². The maximum atomic E-state index is 12.5. The molecule has 2 N–H and O–H groups in total. The van der Waals surface area contributed by atoms with E-state index < -0.39 is 18.7 Å². The van der Waals surface area contributed by atoms with Crippen molar-refractivity contribution in [3.8, 4) is 0 Å². The highest BCUT2D eigenvalue weighted by Crippen LogP contribution is 2.19. The molecule has 0 saturated carbocycles. The summed E-state index contributed by atoms with van der Waals surface area (Å²) in [5.41, 5.74) is 0.446. The number of hydrogen-bond donors (Lipinski definition) is 2. The van der Waals surface area contributed by atoms with Crippen LogP contribution in [0.25, 0.3) is 0 Å². The maximum absolute atomic E-state index is 12.5. The van der Waals surface area contributed by atoms with Gasteiger partial charge in [-0.15, -0.1) is 0 Å². The average Bonchev–Trinajstić information content (AvgIpc) is 2.57. The van der Waals surface area contributed by atoms with Gasteiger partial charge in [0.1, 0.15) is 12.1 Å². The van der Waals surface area contributed by atoms with E-state index in [-0.39, 0.29) is 30.8 Å². The van der Waals surface area contributed by atoms with E-state index in [2.05, 4.69) is 5.32 Å². The van der Waals surface area contributed by atoms with E-state index in [0.717, 1.165) is 0 Å². The normalized spacial score (nSPS) is 24.3. The first-order valence-electron chi connectivity index (χ1n) is 7.28. The Morgan fingerprint density at radius 3 is 2.83 bits per heavy atom. The molecule has 0 radical (unpaired) electrons. The summed E-state index contributed by atoms with van der Waals surface area (Å²) in [4.78, 5) is 39.8. The van der Waals surface area contributed by atoms with Gasteiger partial charge in [0.25, 0.3) is 5.91 Å². The molecule has 1 aromatic rings. The quantitative estimate of drug-likeness (QED) is 0.760. The molecule has 8 heteroatoms. The van der Waals surface area contributed by atoms with Crippen molar-refractivity contribution < 1.29 is 19.5 Å². The molecule has 2 heterocycles. The number of nitrogens with zero attached hydrogens (tertiary/aromatic N) is 2. The van der Waals surface area contributed by atoms with E-state index in [1.165, 1.54) is 4.90 Å². The van der Waals surface area contributed by atoms with Gasteiger partial charge in [-0.25, -0.2) is 0 Å². The highest BCUT2D eigenvalue weighted by molar-refractivity contribution is 6.30. The van der Waals surface area contributed by atoms with Gasteiger partial charge in [0.2, 0.25) is 11.8 Å². The van der Waals surface area contributed by atoms with Crippen molar-refractivity contribution in [3.05, 3.63) is 34.9 Å². The molecule has 2 atom stereocenters. The zero-order valence-electron chi connectivity index (χ0n) is 12.2. The number of benzene rings is 1. The highest BCUT2D eigenvalue weighted by atomic mass is 35.5. The van der Waals surface area contributed by atoms with E-state index in [1.54, 1.807) is 29.2 Å². The van der Waals surface area contributed by atoms with Crippen LogP contribution in [0.15, 0.2) is 24.3 Å². The molecule has 2 fully saturated rings. The lowest BCUT2D eigenvalue weighted by Gasteiger charge is -2.44. The topological polar surface area (TPSA) is 89.9 Å². The van der Waals surface area contributed by atoms with Crippen molar-refractivity contribution in [2.24, 2.45) is 0 Å². The highest BCUT2D eigenvalue weighted by Gasteiger charge is 2.44. The molecule has 7 nitrogen and oxygen atoms in total. The van der Waals surface area contributed by atoms with Crippen molar-refractivity contribution >= 4 is 29.3 Å². The summed E-state index contributed by atoms with van der Waals surface area (Å²) in [6.45, 7) is 0.290. The van der Waals surface area contributed by atoms with Crippen molar-refractivity contribution in [1.29, 1.82) is 0 Å². The number of piperazine rings is 2. The Balaban J connectivity index is 1.76.